The summed E-state index contributed by atoms with van der Waals surface area (Å²) >= 11 is 1.55. The van der Waals surface area contributed by atoms with Crippen LogP contribution in [0.3, 0.4) is 0 Å². The van der Waals surface area contributed by atoms with E-state index in [1.165, 1.54) is 20.3 Å². The average Bonchev–Trinajstić information content (AvgIpc) is 4.07. The van der Waals surface area contributed by atoms with E-state index in [1.54, 1.807) is 28.5 Å². The zero-order valence-electron chi connectivity index (χ0n) is 35.2. The van der Waals surface area contributed by atoms with E-state index in [2.05, 4.69) is 45.5 Å². The van der Waals surface area contributed by atoms with Gasteiger partial charge in [0.2, 0.25) is 11.8 Å². The number of amides is 4. The Hall–Kier alpha value is -5.77. The predicted molar refractivity (Wildman–Crippen MR) is 227 cm³/mol. The van der Waals surface area contributed by atoms with Crippen molar-refractivity contribution in [3.63, 3.8) is 0 Å². The van der Waals surface area contributed by atoms with Crippen LogP contribution in [-0.2, 0) is 19.1 Å². The number of carbonyl (C=O) groups excluding carboxylic acids is 4. The van der Waals surface area contributed by atoms with E-state index < -0.39 is 30.1 Å². The maximum Gasteiger partial charge on any atom is 0.407 e. The summed E-state index contributed by atoms with van der Waals surface area (Å²) in [5.74, 6) is 0.697. The number of fused-ring (bicyclic) bond motifs is 1. The molecular formula is C44H53FN8O6S. The number of thiophene rings is 1. The number of nitrogens with one attached hydrogen (secondary N) is 4. The van der Waals surface area contributed by atoms with Crippen molar-refractivity contribution in [3.8, 4) is 32.8 Å². The zero-order chi connectivity index (χ0) is 43.0. The highest BCUT2D eigenvalue weighted by Crippen LogP contribution is 2.40. The number of nitrogens with zero attached hydrogens (tertiary/aromatic N) is 4. The molecule has 2 saturated heterocycles. The van der Waals surface area contributed by atoms with Crippen LogP contribution in [0.4, 0.5) is 14.0 Å². The molecule has 5 aromatic rings. The van der Waals surface area contributed by atoms with E-state index in [-0.39, 0.29) is 47.6 Å². The molecule has 60 heavy (non-hydrogen) atoms. The Morgan fingerprint density at radius 1 is 0.767 bits per heavy atom. The zero-order valence-corrected chi connectivity index (χ0v) is 36.0. The van der Waals surface area contributed by atoms with Crippen LogP contribution in [0.25, 0.3) is 43.2 Å². The van der Waals surface area contributed by atoms with Gasteiger partial charge in [0.05, 0.1) is 43.7 Å². The maximum atomic E-state index is 15.8. The number of rotatable bonds is 11. The Labute approximate surface area is 352 Å². The van der Waals surface area contributed by atoms with Gasteiger partial charge in [0.1, 0.15) is 34.4 Å². The average molecular weight is 841 g/mol. The molecule has 7 rings (SSSR count). The van der Waals surface area contributed by atoms with Crippen LogP contribution < -0.4 is 10.6 Å². The second kappa shape index (κ2) is 17.4. The lowest BCUT2D eigenvalue weighted by Crippen LogP contribution is -2.51. The highest BCUT2D eigenvalue weighted by molar-refractivity contribution is 7.21. The number of hydrogen-bond donors (Lipinski definition) is 4. The number of carbonyl (C=O) groups is 4. The lowest BCUT2D eigenvalue weighted by molar-refractivity contribution is -0.136. The normalized spacial score (nSPS) is 20.2. The van der Waals surface area contributed by atoms with E-state index in [4.69, 9.17) is 14.5 Å². The molecule has 0 unspecified atom stereocenters. The highest BCUT2D eigenvalue weighted by atomic mass is 32.1. The van der Waals surface area contributed by atoms with Crippen LogP contribution in [0, 0.1) is 29.5 Å². The SMILES string of the molecule is COC(=O)N[C@H](C(=O)N1C[C@@H](C)C[C@H]1c1ncc(-c2ccc(-c3ccc(-c4cc5[nH]c([C@@H]6C[C@H](C)CN6C(=O)[C@@H](NC(=O)OC)C(C)C)nc5s4)cc3)cc2F)[nH]1)C(C)C. The van der Waals surface area contributed by atoms with E-state index in [0.29, 0.717) is 36.6 Å². The van der Waals surface area contributed by atoms with Crippen molar-refractivity contribution in [2.24, 2.45) is 23.7 Å². The number of ether oxygens (including phenoxy) is 2. The Kier molecular flexibility index (Phi) is 12.3. The monoisotopic (exact) mass is 840 g/mol. The molecule has 0 saturated carbocycles. The molecule has 0 aliphatic carbocycles. The van der Waals surface area contributed by atoms with Gasteiger partial charge in [-0.05, 0) is 71.4 Å². The Bertz CT molecular complexity index is 2340. The fourth-order valence-electron chi connectivity index (χ4n) is 8.37. The number of aromatic amines is 2. The number of aromatic nitrogens is 4. The van der Waals surface area contributed by atoms with Gasteiger partial charge in [-0.3, -0.25) is 9.59 Å². The van der Waals surface area contributed by atoms with Crippen molar-refractivity contribution in [3.05, 3.63) is 72.2 Å². The van der Waals surface area contributed by atoms with Crippen molar-refractivity contribution in [1.82, 2.24) is 40.4 Å². The molecule has 2 aromatic carbocycles. The Balaban J connectivity index is 1.04. The molecule has 5 heterocycles. The van der Waals surface area contributed by atoms with Crippen LogP contribution >= 0.6 is 11.3 Å². The number of alkyl carbamates (subject to hydrolysis) is 2. The van der Waals surface area contributed by atoms with Crippen molar-refractivity contribution < 1.29 is 33.0 Å². The third-order valence-electron chi connectivity index (χ3n) is 11.6. The van der Waals surface area contributed by atoms with Gasteiger partial charge < -0.3 is 39.9 Å². The van der Waals surface area contributed by atoms with E-state index >= 15 is 4.39 Å². The predicted octanol–water partition coefficient (Wildman–Crippen LogP) is 8.07. The van der Waals surface area contributed by atoms with Gasteiger partial charge in [-0.2, -0.15) is 0 Å². The van der Waals surface area contributed by atoms with Gasteiger partial charge in [0.15, 0.2) is 0 Å². The number of methoxy groups -OCH3 is 2. The van der Waals surface area contributed by atoms with Crippen LogP contribution in [0.2, 0.25) is 0 Å². The molecule has 0 spiro atoms. The Morgan fingerprint density at radius 2 is 1.30 bits per heavy atom. The van der Waals surface area contributed by atoms with Crippen LogP contribution in [-0.4, -0.2) is 93.1 Å². The van der Waals surface area contributed by atoms with Gasteiger partial charge >= 0.3 is 12.2 Å². The van der Waals surface area contributed by atoms with Gasteiger partial charge in [0, 0.05) is 23.5 Å². The third kappa shape index (κ3) is 8.60. The van der Waals surface area contributed by atoms with E-state index in [9.17, 15) is 19.2 Å². The second-order valence-electron chi connectivity index (χ2n) is 16.8. The number of imidazole rings is 2. The number of likely N-dealkylation sites (tertiary alicyclic amines) is 2. The molecule has 16 heteroatoms. The van der Waals surface area contributed by atoms with Gasteiger partial charge in [-0.15, -0.1) is 11.3 Å². The molecule has 318 valence electrons. The Morgan fingerprint density at radius 3 is 1.82 bits per heavy atom. The number of H-pyrrole nitrogens is 2. The maximum absolute atomic E-state index is 15.8. The fourth-order valence-corrected chi connectivity index (χ4v) is 9.37. The second-order valence-corrected chi connectivity index (χ2v) is 17.8. The number of benzene rings is 2. The van der Waals surface area contributed by atoms with Gasteiger partial charge in [-0.25, -0.2) is 23.9 Å². The quantitative estimate of drug-likeness (QED) is 0.103. The minimum Gasteiger partial charge on any atom is -0.453 e. The van der Waals surface area contributed by atoms with E-state index in [0.717, 1.165) is 44.2 Å². The van der Waals surface area contributed by atoms with Crippen molar-refractivity contribution in [2.45, 2.75) is 78.6 Å². The summed E-state index contributed by atoms with van der Waals surface area (Å²) in [5, 5.41) is 5.37. The number of halogens is 1. The van der Waals surface area contributed by atoms with Crippen LogP contribution in [0.1, 0.15) is 78.1 Å². The molecule has 0 radical (unpaired) electrons. The van der Waals surface area contributed by atoms with Crippen LogP contribution in [0.5, 0.6) is 0 Å². The topological polar surface area (TPSA) is 175 Å². The molecule has 2 aliphatic rings. The standard InChI is InChI=1S/C44H53FN8O6S/c1-22(2)36(49-43(56)58-7)41(54)52-20-24(5)15-33(52)38-46-19-32(48-38)29-14-13-28(17-30(29)45)26-9-11-27(12-10-26)35-18-31-40(60-35)51-39(47-31)34-16-25(6)21-53(34)42(55)37(23(3)4)50-44(57)59-8/h9-14,17-19,22-25,33-34,36-37H,15-16,20-21H2,1-8H3,(H,46,48)(H,47,51)(H,49,56)(H,50,57)/t24-,25-,33-,34-,36-,37-/m0/s1. The van der Waals surface area contributed by atoms with Crippen molar-refractivity contribution in [2.75, 3.05) is 27.3 Å². The summed E-state index contributed by atoms with van der Waals surface area (Å²) in [5.41, 5.74) is 4.32. The third-order valence-corrected chi connectivity index (χ3v) is 12.6. The first kappa shape index (κ1) is 42.4. The van der Waals surface area contributed by atoms with Crippen molar-refractivity contribution >= 4 is 45.7 Å². The molecule has 4 N–H and O–H groups in total. The summed E-state index contributed by atoms with van der Waals surface area (Å²) < 4.78 is 25.3. The lowest BCUT2D eigenvalue weighted by Gasteiger charge is -2.30. The molecule has 14 nitrogen and oxygen atoms in total. The highest BCUT2D eigenvalue weighted by Gasteiger charge is 2.42. The largest absolute Gasteiger partial charge is 0.453 e. The molecule has 4 amide bonds. The summed E-state index contributed by atoms with van der Waals surface area (Å²) in [6.45, 7) is 12.8. The summed E-state index contributed by atoms with van der Waals surface area (Å²) in [6.07, 6.45) is 1.73. The smallest absolute Gasteiger partial charge is 0.407 e. The first-order valence-corrected chi connectivity index (χ1v) is 21.2. The minimum atomic E-state index is -0.759. The minimum absolute atomic E-state index is 0.126. The lowest BCUT2D eigenvalue weighted by atomic mass is 10.0. The molecule has 0 bridgehead atoms. The fraction of sp³-hybridized carbons (Fsp3) is 0.455. The summed E-state index contributed by atoms with van der Waals surface area (Å²) in [7, 11) is 2.55. The molecular weight excluding hydrogens is 788 g/mol. The van der Waals surface area contributed by atoms with E-state index in [1.807, 2.05) is 62.9 Å². The number of hydrogen-bond acceptors (Lipinski definition) is 9. The molecule has 2 aliphatic heterocycles. The van der Waals surface area contributed by atoms with Gasteiger partial charge in [0.25, 0.3) is 0 Å². The first-order chi connectivity index (χ1) is 28.6. The summed E-state index contributed by atoms with van der Waals surface area (Å²) in [4.78, 5) is 73.1. The molecule has 6 atom stereocenters. The molecule has 3 aromatic heterocycles. The molecule has 2 fully saturated rings. The van der Waals surface area contributed by atoms with Crippen molar-refractivity contribution in [1.29, 1.82) is 0 Å². The summed E-state index contributed by atoms with van der Waals surface area (Å²) in [6, 6.07) is 13.1. The van der Waals surface area contributed by atoms with Crippen LogP contribution in [0.15, 0.2) is 54.7 Å². The van der Waals surface area contributed by atoms with Gasteiger partial charge in [-0.1, -0.05) is 71.9 Å². The first-order valence-electron chi connectivity index (χ1n) is 20.4.